The molecule has 8 aromatic carbocycles. The molecule has 0 saturated heterocycles. The summed E-state index contributed by atoms with van der Waals surface area (Å²) >= 11 is 1.87. The largest absolute Gasteiger partial charge is 0.252 e. The second-order valence-electron chi connectivity index (χ2n) is 12.5. The SMILES string of the molecule is c1ccc(-c2ccc(-c3cnc4c5ccccc5c5ccccc5c4n3)c(-c3ccc(-c4cccc5c4sc4ccccc45)cc3)c2)cc1. The van der Waals surface area contributed by atoms with E-state index in [1.807, 2.05) is 17.5 Å². The summed E-state index contributed by atoms with van der Waals surface area (Å²) in [7, 11) is 0. The Morgan fingerprint density at radius 3 is 1.71 bits per heavy atom. The lowest BCUT2D eigenvalue weighted by Crippen LogP contribution is -1.94. The number of hydrogen-bond donors (Lipinski definition) is 0. The van der Waals surface area contributed by atoms with Gasteiger partial charge in [0.25, 0.3) is 0 Å². The molecule has 0 saturated carbocycles. The maximum atomic E-state index is 5.37. The van der Waals surface area contributed by atoms with E-state index in [0.717, 1.165) is 44.2 Å². The van der Waals surface area contributed by atoms with Crippen molar-refractivity contribution in [2.24, 2.45) is 0 Å². The molecule has 49 heavy (non-hydrogen) atoms. The van der Waals surface area contributed by atoms with Gasteiger partial charge in [0.15, 0.2) is 0 Å². The third-order valence-electron chi connectivity index (χ3n) is 9.74. The van der Waals surface area contributed by atoms with E-state index in [0.29, 0.717) is 0 Å². The fourth-order valence-corrected chi connectivity index (χ4v) is 8.61. The van der Waals surface area contributed by atoms with Crippen LogP contribution in [0.15, 0.2) is 170 Å². The normalized spacial score (nSPS) is 11.7. The zero-order valence-corrected chi connectivity index (χ0v) is 27.3. The van der Waals surface area contributed by atoms with Crippen LogP contribution in [0.3, 0.4) is 0 Å². The summed E-state index contributed by atoms with van der Waals surface area (Å²) in [5.74, 6) is 0. The molecule has 0 radical (unpaired) electrons. The molecule has 0 aliphatic carbocycles. The average molecular weight is 641 g/mol. The Morgan fingerprint density at radius 1 is 0.367 bits per heavy atom. The van der Waals surface area contributed by atoms with Crippen LogP contribution < -0.4 is 0 Å². The lowest BCUT2D eigenvalue weighted by Gasteiger charge is -2.15. The van der Waals surface area contributed by atoms with Gasteiger partial charge in [-0.15, -0.1) is 11.3 Å². The molecule has 2 aromatic heterocycles. The van der Waals surface area contributed by atoms with Crippen LogP contribution >= 0.6 is 11.3 Å². The first-order chi connectivity index (χ1) is 24.3. The second kappa shape index (κ2) is 11.2. The minimum atomic E-state index is 0.863. The Kier molecular flexibility index (Phi) is 6.39. The quantitative estimate of drug-likeness (QED) is 0.179. The van der Waals surface area contributed by atoms with Crippen molar-refractivity contribution in [1.82, 2.24) is 9.97 Å². The molecule has 0 N–H and O–H groups in total. The maximum Gasteiger partial charge on any atom is 0.0979 e. The van der Waals surface area contributed by atoms with Gasteiger partial charge < -0.3 is 0 Å². The van der Waals surface area contributed by atoms with Gasteiger partial charge in [-0.25, -0.2) is 4.98 Å². The van der Waals surface area contributed by atoms with E-state index in [1.54, 1.807) is 0 Å². The number of rotatable bonds is 4. The van der Waals surface area contributed by atoms with Crippen molar-refractivity contribution < 1.29 is 0 Å². The topological polar surface area (TPSA) is 25.8 Å². The number of benzene rings is 8. The number of aromatic nitrogens is 2. The first-order valence-electron chi connectivity index (χ1n) is 16.6. The van der Waals surface area contributed by atoms with Crippen LogP contribution in [0.2, 0.25) is 0 Å². The summed E-state index contributed by atoms with van der Waals surface area (Å²) in [6.45, 7) is 0. The van der Waals surface area contributed by atoms with Crippen LogP contribution in [0.1, 0.15) is 0 Å². The standard InChI is InChI=1S/C46H28N2S/c1-2-11-29(12-3-1)32-25-26-36(42-28-47-44-38-16-6-4-13-34(38)35-14-5-7-17-39(35)45(44)48-42)41(27-32)31-23-21-30(22-24-31)33-18-10-19-40-37-15-8-9-20-43(37)49-46(33)40/h1-28H. The molecular formula is C46H28N2S. The van der Waals surface area contributed by atoms with Crippen molar-refractivity contribution in [3.8, 4) is 44.6 Å². The van der Waals surface area contributed by atoms with E-state index >= 15 is 0 Å². The molecule has 2 heterocycles. The number of nitrogens with zero attached hydrogens (tertiary/aromatic N) is 2. The first kappa shape index (κ1) is 27.9. The monoisotopic (exact) mass is 640 g/mol. The molecule has 10 aromatic rings. The summed E-state index contributed by atoms with van der Waals surface area (Å²) in [6, 6.07) is 58.7. The molecule has 3 heteroatoms. The second-order valence-corrected chi connectivity index (χ2v) is 13.6. The van der Waals surface area contributed by atoms with Crippen molar-refractivity contribution in [1.29, 1.82) is 0 Å². The van der Waals surface area contributed by atoms with Gasteiger partial charge in [-0.1, -0.05) is 152 Å². The predicted octanol–water partition coefficient (Wildman–Crippen LogP) is 13.0. The van der Waals surface area contributed by atoms with Crippen LogP contribution in [0.25, 0.3) is 97.4 Å². The van der Waals surface area contributed by atoms with Gasteiger partial charge in [0.1, 0.15) is 0 Å². The third-order valence-corrected chi connectivity index (χ3v) is 11.0. The van der Waals surface area contributed by atoms with Crippen molar-refractivity contribution in [2.75, 3.05) is 0 Å². The molecule has 0 amide bonds. The van der Waals surface area contributed by atoms with Crippen LogP contribution in [0, 0.1) is 0 Å². The molecule has 0 aliphatic rings. The molecule has 228 valence electrons. The maximum absolute atomic E-state index is 5.37. The van der Waals surface area contributed by atoms with Gasteiger partial charge in [-0.3, -0.25) is 4.98 Å². The molecule has 10 rings (SSSR count). The number of thiophene rings is 1. The van der Waals surface area contributed by atoms with Crippen molar-refractivity contribution in [3.05, 3.63) is 170 Å². The van der Waals surface area contributed by atoms with E-state index in [1.165, 1.54) is 53.2 Å². The Labute approximate surface area is 287 Å². The van der Waals surface area contributed by atoms with Gasteiger partial charge in [0.05, 0.1) is 22.9 Å². The zero-order chi connectivity index (χ0) is 32.3. The summed E-state index contributed by atoms with van der Waals surface area (Å²) in [5, 5.41) is 7.27. The van der Waals surface area contributed by atoms with Crippen molar-refractivity contribution >= 4 is 64.1 Å². The Balaban J connectivity index is 1.15. The zero-order valence-electron chi connectivity index (χ0n) is 26.5. The van der Waals surface area contributed by atoms with E-state index < -0.39 is 0 Å². The fourth-order valence-electron chi connectivity index (χ4n) is 7.37. The van der Waals surface area contributed by atoms with Crippen LogP contribution in [-0.4, -0.2) is 9.97 Å². The molecule has 0 aliphatic heterocycles. The van der Waals surface area contributed by atoms with Crippen molar-refractivity contribution in [3.63, 3.8) is 0 Å². The fraction of sp³-hybridized carbons (Fsp3) is 0. The molecule has 0 bridgehead atoms. The molecule has 0 fully saturated rings. The number of hydrogen-bond acceptors (Lipinski definition) is 3. The van der Waals surface area contributed by atoms with E-state index in [-0.39, 0.29) is 0 Å². The van der Waals surface area contributed by atoms with Crippen molar-refractivity contribution in [2.45, 2.75) is 0 Å². The van der Waals surface area contributed by atoms with E-state index in [4.69, 9.17) is 9.97 Å². The van der Waals surface area contributed by atoms with E-state index in [9.17, 15) is 0 Å². The summed E-state index contributed by atoms with van der Waals surface area (Å²) < 4.78 is 2.65. The van der Waals surface area contributed by atoms with Crippen LogP contribution in [0.4, 0.5) is 0 Å². The molecule has 0 spiro atoms. The Hall–Kier alpha value is -6.16. The molecule has 0 atom stereocenters. The smallest absolute Gasteiger partial charge is 0.0979 e. The summed E-state index contributed by atoms with van der Waals surface area (Å²) in [5.41, 5.74) is 10.9. The minimum Gasteiger partial charge on any atom is -0.252 e. The minimum absolute atomic E-state index is 0.863. The molecule has 0 unspecified atom stereocenters. The van der Waals surface area contributed by atoms with Crippen LogP contribution in [0.5, 0.6) is 0 Å². The third kappa shape index (κ3) is 4.55. The van der Waals surface area contributed by atoms with Gasteiger partial charge in [0, 0.05) is 36.5 Å². The highest BCUT2D eigenvalue weighted by atomic mass is 32.1. The summed E-state index contributed by atoms with van der Waals surface area (Å²) in [4.78, 5) is 10.5. The lowest BCUT2D eigenvalue weighted by molar-refractivity contribution is 1.31. The van der Waals surface area contributed by atoms with Gasteiger partial charge >= 0.3 is 0 Å². The van der Waals surface area contributed by atoms with Gasteiger partial charge in [0.2, 0.25) is 0 Å². The predicted molar refractivity (Wildman–Crippen MR) is 209 cm³/mol. The molecule has 2 nitrogen and oxygen atoms in total. The Morgan fingerprint density at radius 2 is 0.959 bits per heavy atom. The van der Waals surface area contributed by atoms with Gasteiger partial charge in [-0.2, -0.15) is 0 Å². The highest BCUT2D eigenvalue weighted by Crippen LogP contribution is 2.42. The summed E-state index contributed by atoms with van der Waals surface area (Å²) in [6.07, 6.45) is 1.95. The van der Waals surface area contributed by atoms with Crippen LogP contribution in [-0.2, 0) is 0 Å². The van der Waals surface area contributed by atoms with E-state index in [2.05, 4.69) is 164 Å². The number of fused-ring (bicyclic) bond motifs is 9. The van der Waals surface area contributed by atoms with Gasteiger partial charge in [-0.05, 0) is 56.3 Å². The highest BCUT2D eigenvalue weighted by molar-refractivity contribution is 7.26. The first-order valence-corrected chi connectivity index (χ1v) is 17.4. The molecular weight excluding hydrogens is 613 g/mol. The highest BCUT2D eigenvalue weighted by Gasteiger charge is 2.16. The average Bonchev–Trinajstić information content (AvgIpc) is 3.57. The lowest BCUT2D eigenvalue weighted by atomic mass is 9.92. The Bertz CT molecular complexity index is 2830.